The van der Waals surface area contributed by atoms with Gasteiger partial charge in [0.15, 0.2) is 0 Å². The monoisotopic (exact) mass is 268 g/mol. The lowest BCUT2D eigenvalue weighted by Gasteiger charge is -2.06. The van der Waals surface area contributed by atoms with E-state index >= 15 is 0 Å². The van der Waals surface area contributed by atoms with E-state index in [1.54, 1.807) is 18.2 Å². The smallest absolute Gasteiger partial charge is 0.337 e. The Morgan fingerprint density at radius 2 is 2.33 bits per heavy atom. The van der Waals surface area contributed by atoms with E-state index in [-0.39, 0.29) is 6.61 Å². The Labute approximate surface area is 96.5 Å². The fraction of sp³-hybridized carbons (Fsp3) is 0.182. The van der Waals surface area contributed by atoms with Crippen LogP contribution in [0.25, 0.3) is 0 Å². The van der Waals surface area contributed by atoms with E-state index in [2.05, 4.69) is 26.6 Å². The summed E-state index contributed by atoms with van der Waals surface area (Å²) in [6.07, 6.45) is 5.07. The van der Waals surface area contributed by atoms with Crippen molar-refractivity contribution in [2.75, 3.05) is 13.7 Å². The van der Waals surface area contributed by atoms with Crippen molar-refractivity contribution in [2.45, 2.75) is 0 Å². The maximum absolute atomic E-state index is 11.2. The van der Waals surface area contributed by atoms with Crippen LogP contribution in [0.5, 0.6) is 5.75 Å². The second-order valence-electron chi connectivity index (χ2n) is 2.63. The number of halogens is 1. The van der Waals surface area contributed by atoms with E-state index in [9.17, 15) is 4.79 Å². The zero-order valence-corrected chi connectivity index (χ0v) is 9.71. The van der Waals surface area contributed by atoms with Crippen LogP contribution in [-0.2, 0) is 4.74 Å². The molecule has 0 bridgehead atoms. The minimum Gasteiger partial charge on any atom is -0.480 e. The van der Waals surface area contributed by atoms with E-state index in [0.29, 0.717) is 11.3 Å². The van der Waals surface area contributed by atoms with Crippen LogP contribution in [0.2, 0.25) is 0 Å². The first-order chi connectivity index (χ1) is 7.19. The molecular weight excluding hydrogens is 260 g/mol. The Balaban J connectivity index is 2.95. The van der Waals surface area contributed by atoms with Crippen molar-refractivity contribution in [1.29, 1.82) is 0 Å². The van der Waals surface area contributed by atoms with Gasteiger partial charge in [-0.1, -0.05) is 5.92 Å². The second kappa shape index (κ2) is 5.42. The van der Waals surface area contributed by atoms with Gasteiger partial charge < -0.3 is 9.47 Å². The van der Waals surface area contributed by atoms with Gasteiger partial charge in [0.05, 0.1) is 17.1 Å². The summed E-state index contributed by atoms with van der Waals surface area (Å²) in [4.78, 5) is 11.2. The molecule has 0 aliphatic heterocycles. The topological polar surface area (TPSA) is 35.5 Å². The summed E-state index contributed by atoms with van der Waals surface area (Å²) in [5, 5.41) is 0. The third-order valence-corrected chi connectivity index (χ3v) is 2.32. The van der Waals surface area contributed by atoms with Crippen LogP contribution < -0.4 is 4.74 Å². The van der Waals surface area contributed by atoms with Crippen molar-refractivity contribution in [3.05, 3.63) is 28.2 Å². The number of hydrogen-bond acceptors (Lipinski definition) is 3. The third kappa shape index (κ3) is 3.00. The minimum atomic E-state index is -0.409. The summed E-state index contributed by atoms with van der Waals surface area (Å²) in [6, 6.07) is 4.92. The average molecular weight is 269 g/mol. The summed E-state index contributed by atoms with van der Waals surface area (Å²) in [7, 11) is 1.33. The predicted molar refractivity (Wildman–Crippen MR) is 59.8 cm³/mol. The summed E-state index contributed by atoms with van der Waals surface area (Å²) in [5.41, 5.74) is 0.424. The highest BCUT2D eigenvalue weighted by Crippen LogP contribution is 2.26. The molecule has 0 unspecified atom stereocenters. The van der Waals surface area contributed by atoms with Crippen molar-refractivity contribution in [3.63, 3.8) is 0 Å². The van der Waals surface area contributed by atoms with Crippen LogP contribution in [0.4, 0.5) is 0 Å². The van der Waals surface area contributed by atoms with Gasteiger partial charge in [0.25, 0.3) is 0 Å². The first-order valence-electron chi connectivity index (χ1n) is 4.13. The molecule has 0 amide bonds. The Morgan fingerprint density at radius 1 is 1.60 bits per heavy atom. The van der Waals surface area contributed by atoms with Gasteiger partial charge >= 0.3 is 5.97 Å². The molecule has 0 saturated heterocycles. The Bertz CT molecular complexity index is 407. The van der Waals surface area contributed by atoms with Crippen LogP contribution in [0.3, 0.4) is 0 Å². The standard InChI is InChI=1S/C11H9BrO3/c1-3-6-15-10-7-8(11(13)14-2)4-5-9(10)12/h1,4-5,7H,6H2,2H3. The maximum Gasteiger partial charge on any atom is 0.337 e. The van der Waals surface area contributed by atoms with Gasteiger partial charge in [-0.25, -0.2) is 4.79 Å². The fourth-order valence-corrected chi connectivity index (χ4v) is 1.34. The maximum atomic E-state index is 11.2. The van der Waals surface area contributed by atoms with Crippen molar-refractivity contribution < 1.29 is 14.3 Å². The molecule has 0 radical (unpaired) electrons. The molecule has 1 aromatic carbocycles. The number of rotatable bonds is 3. The van der Waals surface area contributed by atoms with Gasteiger partial charge in [0, 0.05) is 0 Å². The van der Waals surface area contributed by atoms with Gasteiger partial charge in [-0.05, 0) is 34.1 Å². The normalized spacial score (nSPS) is 9.13. The van der Waals surface area contributed by atoms with Gasteiger partial charge in [-0.15, -0.1) is 6.42 Å². The van der Waals surface area contributed by atoms with E-state index in [1.807, 2.05) is 0 Å². The number of methoxy groups -OCH3 is 1. The fourth-order valence-electron chi connectivity index (χ4n) is 0.978. The van der Waals surface area contributed by atoms with Crippen LogP contribution in [0.15, 0.2) is 22.7 Å². The first kappa shape index (κ1) is 11.6. The van der Waals surface area contributed by atoms with E-state index < -0.39 is 5.97 Å². The molecule has 1 rings (SSSR count). The Kier molecular flexibility index (Phi) is 4.19. The van der Waals surface area contributed by atoms with E-state index in [4.69, 9.17) is 11.2 Å². The molecule has 0 spiro atoms. The highest BCUT2D eigenvalue weighted by atomic mass is 79.9. The molecule has 0 fully saturated rings. The predicted octanol–water partition coefficient (Wildman–Crippen LogP) is 2.25. The highest BCUT2D eigenvalue weighted by molar-refractivity contribution is 9.10. The number of carbonyl (C=O) groups excluding carboxylic acids is 1. The molecule has 0 atom stereocenters. The molecule has 0 N–H and O–H groups in total. The van der Waals surface area contributed by atoms with Gasteiger partial charge in [0.2, 0.25) is 0 Å². The van der Waals surface area contributed by atoms with Crippen molar-refractivity contribution >= 4 is 21.9 Å². The quantitative estimate of drug-likeness (QED) is 0.623. The van der Waals surface area contributed by atoms with Gasteiger partial charge in [-0.2, -0.15) is 0 Å². The summed E-state index contributed by atoms with van der Waals surface area (Å²) >= 11 is 3.29. The SMILES string of the molecule is C#CCOc1cc(C(=O)OC)ccc1Br. The molecule has 0 saturated carbocycles. The number of carbonyl (C=O) groups is 1. The first-order valence-corrected chi connectivity index (χ1v) is 4.92. The van der Waals surface area contributed by atoms with Crippen molar-refractivity contribution in [3.8, 4) is 18.1 Å². The molecule has 0 aromatic heterocycles. The summed E-state index contributed by atoms with van der Waals surface area (Å²) in [6.45, 7) is 0.156. The lowest BCUT2D eigenvalue weighted by molar-refractivity contribution is 0.0600. The zero-order chi connectivity index (χ0) is 11.3. The molecule has 0 aliphatic carbocycles. The minimum absolute atomic E-state index is 0.156. The summed E-state index contributed by atoms with van der Waals surface area (Å²) in [5.74, 6) is 2.46. The number of ether oxygens (including phenoxy) is 2. The van der Waals surface area contributed by atoms with Crippen LogP contribution in [0.1, 0.15) is 10.4 Å². The third-order valence-electron chi connectivity index (χ3n) is 1.66. The van der Waals surface area contributed by atoms with Gasteiger partial charge in [-0.3, -0.25) is 0 Å². The number of benzene rings is 1. The van der Waals surface area contributed by atoms with Crippen molar-refractivity contribution in [2.24, 2.45) is 0 Å². The Morgan fingerprint density at radius 3 is 2.93 bits per heavy atom. The molecule has 0 aliphatic rings. The lowest BCUT2D eigenvalue weighted by atomic mass is 10.2. The van der Waals surface area contributed by atoms with Crippen LogP contribution >= 0.6 is 15.9 Å². The lowest BCUT2D eigenvalue weighted by Crippen LogP contribution is -2.02. The van der Waals surface area contributed by atoms with Crippen LogP contribution in [0, 0.1) is 12.3 Å². The average Bonchev–Trinajstić information content (AvgIpc) is 2.27. The largest absolute Gasteiger partial charge is 0.480 e. The molecule has 78 valence electrons. The Hall–Kier alpha value is -1.47. The molecular formula is C11H9BrO3. The van der Waals surface area contributed by atoms with Crippen LogP contribution in [-0.4, -0.2) is 19.7 Å². The zero-order valence-electron chi connectivity index (χ0n) is 8.12. The highest BCUT2D eigenvalue weighted by Gasteiger charge is 2.08. The molecule has 3 nitrogen and oxygen atoms in total. The van der Waals surface area contributed by atoms with E-state index in [1.165, 1.54) is 7.11 Å². The second-order valence-corrected chi connectivity index (χ2v) is 3.48. The van der Waals surface area contributed by atoms with Crippen molar-refractivity contribution in [1.82, 2.24) is 0 Å². The molecule has 4 heteroatoms. The number of terminal acetylenes is 1. The number of hydrogen-bond donors (Lipinski definition) is 0. The van der Waals surface area contributed by atoms with E-state index in [0.717, 1.165) is 4.47 Å². The number of esters is 1. The molecule has 15 heavy (non-hydrogen) atoms. The summed E-state index contributed by atoms with van der Waals surface area (Å²) < 4.78 is 10.6. The van der Waals surface area contributed by atoms with Gasteiger partial charge in [0.1, 0.15) is 12.4 Å². The molecule has 0 heterocycles. The molecule has 1 aromatic rings.